The second kappa shape index (κ2) is 7.92. The molecule has 0 fully saturated rings. The lowest BCUT2D eigenvalue weighted by atomic mass is 10.1. The van der Waals surface area contributed by atoms with E-state index in [1.807, 2.05) is 36.4 Å². The Balaban J connectivity index is 1.54. The largest absolute Gasteiger partial charge is 0.493 e. The minimum absolute atomic E-state index is 0.0816. The van der Waals surface area contributed by atoms with Crippen molar-refractivity contribution >= 4 is 40.2 Å². The summed E-state index contributed by atoms with van der Waals surface area (Å²) in [6, 6.07) is 11.3. The number of imidazole rings is 1. The minimum Gasteiger partial charge on any atom is -0.493 e. The van der Waals surface area contributed by atoms with Crippen molar-refractivity contribution in [3.8, 4) is 5.75 Å². The first-order valence-corrected chi connectivity index (χ1v) is 10.1. The van der Waals surface area contributed by atoms with Crippen molar-refractivity contribution in [1.29, 1.82) is 0 Å². The van der Waals surface area contributed by atoms with E-state index in [0.29, 0.717) is 36.1 Å². The first kappa shape index (κ1) is 18.3. The van der Waals surface area contributed by atoms with Crippen LogP contribution >= 0.6 is 23.4 Å². The number of halogens is 1. The lowest BCUT2D eigenvalue weighted by molar-refractivity contribution is 0.102. The molecule has 5 nitrogen and oxygen atoms in total. The van der Waals surface area contributed by atoms with Gasteiger partial charge in [0.25, 0.3) is 0 Å². The molecule has 27 heavy (non-hydrogen) atoms. The Morgan fingerprint density at radius 1 is 1.33 bits per heavy atom. The van der Waals surface area contributed by atoms with E-state index < -0.39 is 0 Å². The summed E-state index contributed by atoms with van der Waals surface area (Å²) in [6.07, 6.45) is 0.858. The highest BCUT2D eigenvalue weighted by atomic mass is 35.5. The predicted molar refractivity (Wildman–Crippen MR) is 107 cm³/mol. The molecule has 1 aromatic heterocycles. The molecule has 0 saturated heterocycles. The zero-order valence-corrected chi connectivity index (χ0v) is 16.5. The maximum absolute atomic E-state index is 12.7. The number of carbonyl (C=O) groups excluding carboxylic acids is 1. The van der Waals surface area contributed by atoms with Crippen molar-refractivity contribution < 1.29 is 14.3 Å². The van der Waals surface area contributed by atoms with Crippen molar-refractivity contribution in [3.05, 3.63) is 52.5 Å². The van der Waals surface area contributed by atoms with Gasteiger partial charge in [0.2, 0.25) is 0 Å². The zero-order valence-electron chi connectivity index (χ0n) is 14.9. The summed E-state index contributed by atoms with van der Waals surface area (Å²) >= 11 is 7.53. The Morgan fingerprint density at radius 2 is 2.22 bits per heavy atom. The Kier molecular flexibility index (Phi) is 5.38. The predicted octanol–water partition coefficient (Wildman–Crippen LogP) is 4.25. The number of benzene rings is 2. The van der Waals surface area contributed by atoms with Gasteiger partial charge in [-0.2, -0.15) is 0 Å². The van der Waals surface area contributed by atoms with Crippen LogP contribution in [0.2, 0.25) is 5.02 Å². The van der Waals surface area contributed by atoms with E-state index >= 15 is 0 Å². The Labute approximate surface area is 166 Å². The maximum Gasteiger partial charge on any atom is 0.173 e. The van der Waals surface area contributed by atoms with Crippen LogP contribution in [0.25, 0.3) is 11.0 Å². The Morgan fingerprint density at radius 3 is 3.07 bits per heavy atom. The molecule has 0 aliphatic carbocycles. The van der Waals surface area contributed by atoms with Crippen LogP contribution in [0.15, 0.2) is 41.6 Å². The van der Waals surface area contributed by atoms with E-state index in [-0.39, 0.29) is 5.78 Å². The van der Waals surface area contributed by atoms with Gasteiger partial charge in [-0.1, -0.05) is 23.4 Å². The molecule has 0 bridgehead atoms. The summed E-state index contributed by atoms with van der Waals surface area (Å²) < 4.78 is 12.8. The SMILES string of the molecule is COCCn1c(SCC(=O)c2ccc3c(c2)CCO3)nc2cc(Cl)ccc21. The number of rotatable bonds is 7. The Bertz CT molecular complexity index is 1000. The molecule has 0 amide bonds. The number of ether oxygens (including phenoxy) is 2. The molecule has 7 heteroatoms. The summed E-state index contributed by atoms with van der Waals surface area (Å²) in [4.78, 5) is 17.3. The smallest absolute Gasteiger partial charge is 0.173 e. The molecule has 0 unspecified atom stereocenters. The van der Waals surface area contributed by atoms with Gasteiger partial charge in [0, 0.05) is 30.7 Å². The van der Waals surface area contributed by atoms with Gasteiger partial charge >= 0.3 is 0 Å². The van der Waals surface area contributed by atoms with Gasteiger partial charge in [-0.15, -0.1) is 0 Å². The molecule has 0 N–H and O–H groups in total. The molecule has 1 aliphatic rings. The number of aromatic nitrogens is 2. The number of nitrogens with zero attached hydrogens (tertiary/aromatic N) is 2. The second-order valence-corrected chi connectivity index (χ2v) is 7.68. The average Bonchev–Trinajstić information content (AvgIpc) is 3.27. The van der Waals surface area contributed by atoms with Gasteiger partial charge in [0.05, 0.1) is 30.0 Å². The van der Waals surface area contributed by atoms with Gasteiger partial charge < -0.3 is 14.0 Å². The molecule has 2 heterocycles. The second-order valence-electron chi connectivity index (χ2n) is 6.30. The van der Waals surface area contributed by atoms with Gasteiger partial charge in [-0.3, -0.25) is 4.79 Å². The highest BCUT2D eigenvalue weighted by molar-refractivity contribution is 7.99. The molecule has 2 aromatic carbocycles. The fraction of sp³-hybridized carbons (Fsp3) is 0.300. The van der Waals surface area contributed by atoms with E-state index in [1.54, 1.807) is 7.11 Å². The molecule has 0 radical (unpaired) electrons. The van der Waals surface area contributed by atoms with Crippen LogP contribution in [0.5, 0.6) is 5.75 Å². The summed E-state index contributed by atoms with van der Waals surface area (Å²) in [5, 5.41) is 1.44. The summed E-state index contributed by atoms with van der Waals surface area (Å²) in [5.41, 5.74) is 3.63. The fourth-order valence-electron chi connectivity index (χ4n) is 3.16. The molecule has 0 spiro atoms. The molecule has 4 rings (SSSR count). The highest BCUT2D eigenvalue weighted by Crippen LogP contribution is 2.29. The molecular weight excluding hydrogens is 384 g/mol. The number of hydrogen-bond acceptors (Lipinski definition) is 5. The zero-order chi connectivity index (χ0) is 18.8. The van der Waals surface area contributed by atoms with E-state index in [2.05, 4.69) is 9.55 Å². The topological polar surface area (TPSA) is 53.4 Å². The number of thioether (sulfide) groups is 1. The summed E-state index contributed by atoms with van der Waals surface area (Å²) in [6.45, 7) is 1.93. The number of methoxy groups -OCH3 is 1. The molecule has 1 aliphatic heterocycles. The van der Waals surface area contributed by atoms with Gasteiger partial charge in [-0.05, 0) is 42.0 Å². The molecular formula is C20H19ClN2O3S. The molecule has 3 aromatic rings. The van der Waals surface area contributed by atoms with Gasteiger partial charge in [-0.25, -0.2) is 4.98 Å². The number of Topliss-reactive ketones (excluding diaryl/α,β-unsaturated/α-hetero) is 1. The molecule has 0 atom stereocenters. The number of ketones is 1. The van der Waals surface area contributed by atoms with Gasteiger partial charge in [0.1, 0.15) is 5.75 Å². The number of carbonyl (C=O) groups is 1. The third-order valence-electron chi connectivity index (χ3n) is 4.54. The number of hydrogen-bond donors (Lipinski definition) is 0. The standard InChI is InChI=1S/C20H19ClN2O3S/c1-25-9-7-23-17-4-3-15(21)11-16(17)22-20(23)27-12-18(24)13-2-5-19-14(10-13)6-8-26-19/h2-5,10-11H,6-9,12H2,1H3. The van der Waals surface area contributed by atoms with Crippen LogP contribution < -0.4 is 4.74 Å². The van der Waals surface area contributed by atoms with Crippen LogP contribution in [-0.4, -0.2) is 41.4 Å². The first-order chi connectivity index (χ1) is 13.2. The van der Waals surface area contributed by atoms with Crippen LogP contribution in [0.3, 0.4) is 0 Å². The third-order valence-corrected chi connectivity index (χ3v) is 5.75. The van der Waals surface area contributed by atoms with E-state index in [4.69, 9.17) is 21.1 Å². The highest BCUT2D eigenvalue weighted by Gasteiger charge is 2.17. The molecule has 140 valence electrons. The van der Waals surface area contributed by atoms with Crippen molar-refractivity contribution in [2.75, 3.05) is 26.1 Å². The third kappa shape index (κ3) is 3.83. The normalized spacial score (nSPS) is 13.0. The van der Waals surface area contributed by atoms with Crippen LogP contribution in [0, 0.1) is 0 Å². The number of fused-ring (bicyclic) bond motifs is 2. The first-order valence-electron chi connectivity index (χ1n) is 8.72. The quantitative estimate of drug-likeness (QED) is 0.437. The average molecular weight is 403 g/mol. The lowest BCUT2D eigenvalue weighted by Crippen LogP contribution is -2.08. The summed E-state index contributed by atoms with van der Waals surface area (Å²) in [5.74, 6) is 1.29. The maximum atomic E-state index is 12.7. The monoisotopic (exact) mass is 402 g/mol. The summed E-state index contributed by atoms with van der Waals surface area (Å²) in [7, 11) is 1.67. The van der Waals surface area contributed by atoms with Crippen LogP contribution in [0.4, 0.5) is 0 Å². The van der Waals surface area contributed by atoms with E-state index in [9.17, 15) is 4.79 Å². The van der Waals surface area contributed by atoms with Crippen molar-refractivity contribution in [2.24, 2.45) is 0 Å². The van der Waals surface area contributed by atoms with E-state index in [0.717, 1.165) is 33.9 Å². The molecule has 0 saturated carbocycles. The minimum atomic E-state index is 0.0816. The van der Waals surface area contributed by atoms with Gasteiger partial charge in [0.15, 0.2) is 10.9 Å². The lowest BCUT2D eigenvalue weighted by Gasteiger charge is -2.08. The van der Waals surface area contributed by atoms with Crippen molar-refractivity contribution in [2.45, 2.75) is 18.1 Å². The van der Waals surface area contributed by atoms with Crippen LogP contribution in [0.1, 0.15) is 15.9 Å². The fourth-order valence-corrected chi connectivity index (χ4v) is 4.26. The van der Waals surface area contributed by atoms with Crippen molar-refractivity contribution in [1.82, 2.24) is 9.55 Å². The Hall–Kier alpha value is -2.02. The van der Waals surface area contributed by atoms with Crippen LogP contribution in [-0.2, 0) is 17.7 Å². The van der Waals surface area contributed by atoms with E-state index in [1.165, 1.54) is 11.8 Å². The van der Waals surface area contributed by atoms with Crippen molar-refractivity contribution in [3.63, 3.8) is 0 Å².